The zero-order valence-corrected chi connectivity index (χ0v) is 13.2. The molecule has 116 valence electrons. The van der Waals surface area contributed by atoms with E-state index in [9.17, 15) is 8.42 Å². The van der Waals surface area contributed by atoms with Crippen LogP contribution in [-0.4, -0.2) is 56.0 Å². The van der Waals surface area contributed by atoms with Gasteiger partial charge in [0.05, 0.1) is 6.61 Å². The quantitative estimate of drug-likeness (QED) is 0.826. The van der Waals surface area contributed by atoms with E-state index in [1.165, 1.54) is 11.4 Å². The summed E-state index contributed by atoms with van der Waals surface area (Å²) in [5.41, 5.74) is 0.590. The minimum Gasteiger partial charge on any atom is -0.383 e. The summed E-state index contributed by atoms with van der Waals surface area (Å²) in [5.74, 6) is 0.368. The van der Waals surface area contributed by atoms with Crippen LogP contribution in [-0.2, 0) is 14.8 Å². The molecule has 21 heavy (non-hydrogen) atoms. The first-order chi connectivity index (χ1) is 10.0. The normalized spacial score (nSPS) is 12.2. The van der Waals surface area contributed by atoms with E-state index in [2.05, 4.69) is 10.3 Å². The van der Waals surface area contributed by atoms with Crippen LogP contribution in [0.2, 0.25) is 0 Å². The summed E-state index contributed by atoms with van der Waals surface area (Å²) in [6, 6.07) is 5.37. The minimum atomic E-state index is -3.66. The number of methoxy groups -OCH3 is 1. The van der Waals surface area contributed by atoms with E-state index in [1.807, 2.05) is 13.0 Å². The van der Waals surface area contributed by atoms with Gasteiger partial charge in [-0.3, -0.25) is 4.40 Å². The molecule has 0 saturated heterocycles. The van der Waals surface area contributed by atoms with Crippen LogP contribution in [0.1, 0.15) is 6.92 Å². The Morgan fingerprint density at radius 3 is 2.86 bits per heavy atom. The Bertz CT molecular complexity index is 711. The number of hydrogen-bond donors (Lipinski definition) is 1. The van der Waals surface area contributed by atoms with Gasteiger partial charge >= 0.3 is 0 Å². The van der Waals surface area contributed by atoms with Crippen molar-refractivity contribution in [3.8, 4) is 0 Å². The molecule has 0 unspecified atom stereocenters. The van der Waals surface area contributed by atoms with Gasteiger partial charge < -0.3 is 10.1 Å². The SMILES string of the molecule is CCNc1nc2ccccn2c1S(=O)(=O)N(C)CCOC. The maximum Gasteiger partial charge on any atom is 0.262 e. The largest absolute Gasteiger partial charge is 0.383 e. The van der Waals surface area contributed by atoms with Gasteiger partial charge in [-0.25, -0.2) is 13.4 Å². The summed E-state index contributed by atoms with van der Waals surface area (Å²) >= 11 is 0. The maximum absolute atomic E-state index is 12.8. The Kier molecular flexibility index (Phi) is 4.81. The van der Waals surface area contributed by atoms with Crippen molar-refractivity contribution < 1.29 is 13.2 Å². The number of nitrogens with one attached hydrogen (secondary N) is 1. The average Bonchev–Trinajstić information content (AvgIpc) is 2.83. The number of ether oxygens (including phenoxy) is 1. The summed E-state index contributed by atoms with van der Waals surface area (Å²) in [6.07, 6.45) is 1.69. The minimum absolute atomic E-state index is 0.151. The monoisotopic (exact) mass is 312 g/mol. The first-order valence-electron chi connectivity index (χ1n) is 6.68. The second kappa shape index (κ2) is 6.42. The molecule has 0 fully saturated rings. The standard InChI is InChI=1S/C13H20N4O3S/c1-4-14-12-13(17-8-6-5-7-11(17)15-12)21(18,19)16(2)9-10-20-3/h5-8,14H,4,9-10H2,1-3H3. The van der Waals surface area contributed by atoms with Crippen LogP contribution in [0.15, 0.2) is 29.4 Å². The highest BCUT2D eigenvalue weighted by Crippen LogP contribution is 2.25. The fraction of sp³-hybridized carbons (Fsp3) is 0.462. The molecule has 2 aromatic heterocycles. The van der Waals surface area contributed by atoms with Crippen LogP contribution >= 0.6 is 0 Å². The molecule has 0 aliphatic heterocycles. The first kappa shape index (κ1) is 15.7. The molecule has 0 amide bonds. The van der Waals surface area contributed by atoms with Gasteiger partial charge in [-0.2, -0.15) is 4.31 Å². The third kappa shape index (κ3) is 3.02. The Labute approximate surface area is 124 Å². The van der Waals surface area contributed by atoms with Crippen molar-refractivity contribution in [1.82, 2.24) is 13.7 Å². The van der Waals surface area contributed by atoms with Crippen LogP contribution in [0.3, 0.4) is 0 Å². The molecule has 0 spiro atoms. The van der Waals surface area contributed by atoms with Gasteiger partial charge in [0.2, 0.25) is 0 Å². The van der Waals surface area contributed by atoms with E-state index in [-0.39, 0.29) is 11.6 Å². The van der Waals surface area contributed by atoms with Gasteiger partial charge in [-0.15, -0.1) is 0 Å². The molecule has 2 rings (SSSR count). The van der Waals surface area contributed by atoms with Gasteiger partial charge in [-0.05, 0) is 19.1 Å². The topological polar surface area (TPSA) is 75.9 Å². The lowest BCUT2D eigenvalue weighted by Crippen LogP contribution is -2.31. The van der Waals surface area contributed by atoms with Crippen molar-refractivity contribution in [2.24, 2.45) is 0 Å². The fourth-order valence-electron chi connectivity index (χ4n) is 1.99. The molecular formula is C13H20N4O3S. The molecule has 0 aliphatic rings. The fourth-order valence-corrected chi connectivity index (χ4v) is 3.37. The zero-order chi connectivity index (χ0) is 15.5. The van der Waals surface area contributed by atoms with Gasteiger partial charge in [0.15, 0.2) is 10.8 Å². The number of aromatic nitrogens is 2. The summed E-state index contributed by atoms with van der Waals surface area (Å²) in [6.45, 7) is 3.11. The molecule has 2 heterocycles. The molecule has 0 bridgehead atoms. The number of hydrogen-bond acceptors (Lipinski definition) is 5. The van der Waals surface area contributed by atoms with Crippen molar-refractivity contribution in [3.05, 3.63) is 24.4 Å². The summed E-state index contributed by atoms with van der Waals surface area (Å²) < 4.78 is 33.4. The predicted molar refractivity (Wildman–Crippen MR) is 81.0 cm³/mol. The number of anilines is 1. The lowest BCUT2D eigenvalue weighted by atomic mass is 10.5. The molecule has 2 aromatic rings. The third-order valence-electron chi connectivity index (χ3n) is 3.10. The average molecular weight is 312 g/mol. The number of fused-ring (bicyclic) bond motifs is 1. The van der Waals surface area contributed by atoms with Crippen LogP contribution < -0.4 is 5.32 Å². The molecule has 7 nitrogen and oxygen atoms in total. The van der Waals surface area contributed by atoms with Crippen molar-refractivity contribution in [2.45, 2.75) is 11.9 Å². The summed E-state index contributed by atoms with van der Waals surface area (Å²) in [5, 5.41) is 3.17. The zero-order valence-electron chi connectivity index (χ0n) is 12.4. The number of rotatable bonds is 7. The van der Waals surface area contributed by atoms with Crippen LogP contribution in [0.5, 0.6) is 0 Å². The van der Waals surface area contributed by atoms with Crippen LogP contribution in [0.4, 0.5) is 5.82 Å². The number of imidazole rings is 1. The Hall–Kier alpha value is -1.64. The van der Waals surface area contributed by atoms with E-state index < -0.39 is 10.0 Å². The van der Waals surface area contributed by atoms with Crippen LogP contribution in [0, 0.1) is 0 Å². The highest BCUT2D eigenvalue weighted by Gasteiger charge is 2.28. The molecule has 1 N–H and O–H groups in total. The van der Waals surface area contributed by atoms with Gasteiger partial charge in [0.25, 0.3) is 10.0 Å². The molecule has 8 heteroatoms. The molecule has 0 atom stereocenters. The molecule has 0 aliphatic carbocycles. The highest BCUT2D eigenvalue weighted by atomic mass is 32.2. The maximum atomic E-state index is 12.8. The first-order valence-corrected chi connectivity index (χ1v) is 8.12. The molecule has 0 saturated carbocycles. The smallest absolute Gasteiger partial charge is 0.262 e. The van der Waals surface area contributed by atoms with E-state index in [0.717, 1.165) is 0 Å². The number of pyridine rings is 1. The highest BCUT2D eigenvalue weighted by molar-refractivity contribution is 7.89. The number of nitrogens with zero attached hydrogens (tertiary/aromatic N) is 3. The predicted octanol–water partition coefficient (Wildman–Crippen LogP) is 1.03. The summed E-state index contributed by atoms with van der Waals surface area (Å²) in [4.78, 5) is 4.35. The van der Waals surface area contributed by atoms with Crippen molar-refractivity contribution >= 4 is 21.5 Å². The molecule has 0 aromatic carbocycles. The summed E-state index contributed by atoms with van der Waals surface area (Å²) in [7, 11) is -0.581. The number of likely N-dealkylation sites (N-methyl/N-ethyl adjacent to an activating group) is 1. The van der Waals surface area contributed by atoms with E-state index in [1.54, 1.807) is 29.8 Å². The third-order valence-corrected chi connectivity index (χ3v) is 4.98. The second-order valence-electron chi connectivity index (χ2n) is 4.54. The van der Waals surface area contributed by atoms with Gasteiger partial charge in [-0.1, -0.05) is 6.07 Å². The molecule has 0 radical (unpaired) electrons. The van der Waals surface area contributed by atoms with Crippen LogP contribution in [0.25, 0.3) is 5.65 Å². The Morgan fingerprint density at radius 2 is 2.19 bits per heavy atom. The van der Waals surface area contributed by atoms with Crippen molar-refractivity contribution in [1.29, 1.82) is 0 Å². The van der Waals surface area contributed by atoms with Gasteiger partial charge in [0.1, 0.15) is 5.65 Å². The molecular weight excluding hydrogens is 292 g/mol. The lowest BCUT2D eigenvalue weighted by Gasteiger charge is -2.17. The Morgan fingerprint density at radius 1 is 1.43 bits per heavy atom. The second-order valence-corrected chi connectivity index (χ2v) is 6.50. The lowest BCUT2D eigenvalue weighted by molar-refractivity contribution is 0.185. The van der Waals surface area contributed by atoms with Gasteiger partial charge in [0, 0.05) is 33.4 Å². The van der Waals surface area contributed by atoms with Crippen molar-refractivity contribution in [3.63, 3.8) is 0 Å². The van der Waals surface area contributed by atoms with E-state index in [4.69, 9.17) is 4.74 Å². The Balaban J connectivity index is 2.55. The number of sulfonamides is 1. The van der Waals surface area contributed by atoms with E-state index in [0.29, 0.717) is 24.6 Å². The van der Waals surface area contributed by atoms with Crippen molar-refractivity contribution in [2.75, 3.05) is 39.2 Å². The van der Waals surface area contributed by atoms with E-state index >= 15 is 0 Å².